The van der Waals surface area contributed by atoms with Gasteiger partial charge in [-0.2, -0.15) is 0 Å². The summed E-state index contributed by atoms with van der Waals surface area (Å²) in [5.74, 6) is -0.794. The molecule has 1 aromatic heterocycles. The van der Waals surface area contributed by atoms with Gasteiger partial charge in [-0.15, -0.1) is 0 Å². The Bertz CT molecular complexity index is 883. The first-order valence-corrected chi connectivity index (χ1v) is 8.13. The molecule has 0 aliphatic heterocycles. The number of carbonyl (C=O) groups is 2. The number of ether oxygens (including phenoxy) is 2. The Morgan fingerprint density at radius 3 is 2.44 bits per heavy atom. The standard InChI is InChI=1S/C20H19NO4/c1-2-24-13-18(23)25-12-17(22)19-15-10-6-7-11-16(15)21-20(19)14-8-4-3-5-9-14/h3-11,21H,2,12-13H2,1H3. The van der Waals surface area contributed by atoms with Crippen molar-refractivity contribution in [2.75, 3.05) is 19.8 Å². The fourth-order valence-electron chi connectivity index (χ4n) is 2.70. The predicted molar refractivity (Wildman–Crippen MR) is 95.5 cm³/mol. The van der Waals surface area contributed by atoms with Gasteiger partial charge in [0.05, 0.1) is 11.3 Å². The van der Waals surface area contributed by atoms with Gasteiger partial charge in [0, 0.05) is 17.5 Å². The van der Waals surface area contributed by atoms with Crippen LogP contribution in [0.2, 0.25) is 0 Å². The van der Waals surface area contributed by atoms with Gasteiger partial charge in [-0.1, -0.05) is 48.5 Å². The zero-order valence-electron chi connectivity index (χ0n) is 14.0. The zero-order chi connectivity index (χ0) is 17.6. The average Bonchev–Trinajstić information content (AvgIpc) is 3.04. The number of para-hydroxylation sites is 1. The summed E-state index contributed by atoms with van der Waals surface area (Å²) < 4.78 is 10.0. The number of aromatic nitrogens is 1. The molecule has 0 fully saturated rings. The minimum atomic E-state index is -0.545. The van der Waals surface area contributed by atoms with Crippen molar-refractivity contribution in [3.63, 3.8) is 0 Å². The number of esters is 1. The van der Waals surface area contributed by atoms with E-state index >= 15 is 0 Å². The van der Waals surface area contributed by atoms with E-state index in [4.69, 9.17) is 9.47 Å². The molecule has 0 aliphatic rings. The number of Topliss-reactive ketones (excluding diaryl/α,β-unsaturated/α-hetero) is 1. The van der Waals surface area contributed by atoms with Crippen LogP contribution < -0.4 is 0 Å². The van der Waals surface area contributed by atoms with E-state index in [1.54, 1.807) is 6.92 Å². The van der Waals surface area contributed by atoms with Crippen molar-refractivity contribution in [1.82, 2.24) is 4.98 Å². The first kappa shape index (κ1) is 16.9. The monoisotopic (exact) mass is 337 g/mol. The minimum absolute atomic E-state index is 0.150. The van der Waals surface area contributed by atoms with Crippen molar-refractivity contribution in [1.29, 1.82) is 0 Å². The molecule has 5 nitrogen and oxygen atoms in total. The number of hydrogen-bond donors (Lipinski definition) is 1. The lowest BCUT2D eigenvalue weighted by atomic mass is 10.0. The summed E-state index contributed by atoms with van der Waals surface area (Å²) >= 11 is 0. The van der Waals surface area contributed by atoms with E-state index in [2.05, 4.69) is 4.98 Å². The fourth-order valence-corrected chi connectivity index (χ4v) is 2.70. The molecule has 0 spiro atoms. The first-order chi connectivity index (χ1) is 12.2. The Hall–Kier alpha value is -2.92. The number of carbonyl (C=O) groups excluding carboxylic acids is 2. The zero-order valence-corrected chi connectivity index (χ0v) is 14.0. The van der Waals surface area contributed by atoms with Crippen molar-refractivity contribution < 1.29 is 19.1 Å². The van der Waals surface area contributed by atoms with Crippen molar-refractivity contribution >= 4 is 22.7 Å². The molecule has 0 aliphatic carbocycles. The smallest absolute Gasteiger partial charge is 0.332 e. The number of H-pyrrole nitrogens is 1. The normalized spacial score (nSPS) is 10.8. The summed E-state index contributed by atoms with van der Waals surface area (Å²) in [4.78, 5) is 27.6. The highest BCUT2D eigenvalue weighted by Crippen LogP contribution is 2.30. The maximum atomic E-state index is 12.8. The van der Waals surface area contributed by atoms with Crippen LogP contribution in [0.1, 0.15) is 17.3 Å². The predicted octanol–water partition coefficient (Wildman–Crippen LogP) is 3.60. The molecule has 0 atom stereocenters. The van der Waals surface area contributed by atoms with Crippen LogP contribution in [0.5, 0.6) is 0 Å². The third kappa shape index (κ3) is 3.78. The van der Waals surface area contributed by atoms with Crippen molar-refractivity contribution in [2.45, 2.75) is 6.92 Å². The second kappa shape index (κ2) is 7.77. The van der Waals surface area contributed by atoms with Gasteiger partial charge in [-0.25, -0.2) is 4.79 Å². The van der Waals surface area contributed by atoms with E-state index in [9.17, 15) is 9.59 Å². The molecule has 0 amide bonds. The van der Waals surface area contributed by atoms with Gasteiger partial charge in [0.1, 0.15) is 6.61 Å². The summed E-state index contributed by atoms with van der Waals surface area (Å²) in [5.41, 5.74) is 3.03. The number of fused-ring (bicyclic) bond motifs is 1. The topological polar surface area (TPSA) is 68.4 Å². The molecular weight excluding hydrogens is 318 g/mol. The van der Waals surface area contributed by atoms with Crippen molar-refractivity contribution in [2.24, 2.45) is 0 Å². The summed E-state index contributed by atoms with van der Waals surface area (Å²) in [5, 5.41) is 0.812. The SMILES string of the molecule is CCOCC(=O)OCC(=O)c1c(-c2ccccc2)[nH]c2ccccc12. The summed E-state index contributed by atoms with van der Waals surface area (Å²) in [7, 11) is 0. The summed E-state index contributed by atoms with van der Waals surface area (Å²) in [6, 6.07) is 17.2. The molecular formula is C20H19NO4. The minimum Gasteiger partial charge on any atom is -0.456 e. The molecule has 0 bridgehead atoms. The van der Waals surface area contributed by atoms with Crippen molar-refractivity contribution in [3.8, 4) is 11.3 Å². The van der Waals surface area contributed by atoms with Gasteiger partial charge in [0.25, 0.3) is 0 Å². The Morgan fingerprint density at radius 2 is 1.68 bits per heavy atom. The van der Waals surface area contributed by atoms with Gasteiger partial charge in [0.2, 0.25) is 5.78 Å². The van der Waals surface area contributed by atoms with Gasteiger partial charge in [0.15, 0.2) is 6.61 Å². The van der Waals surface area contributed by atoms with Crippen LogP contribution in [0, 0.1) is 0 Å². The quantitative estimate of drug-likeness (QED) is 0.528. The van der Waals surface area contributed by atoms with E-state index in [0.717, 1.165) is 22.2 Å². The van der Waals surface area contributed by atoms with Gasteiger partial charge < -0.3 is 14.5 Å². The van der Waals surface area contributed by atoms with E-state index in [0.29, 0.717) is 12.2 Å². The number of benzene rings is 2. The molecule has 2 aromatic carbocycles. The van der Waals surface area contributed by atoms with Gasteiger partial charge >= 0.3 is 5.97 Å². The lowest BCUT2D eigenvalue weighted by Crippen LogP contribution is -2.18. The molecule has 0 unspecified atom stereocenters. The molecule has 25 heavy (non-hydrogen) atoms. The van der Waals surface area contributed by atoms with Crippen LogP contribution in [-0.2, 0) is 14.3 Å². The number of nitrogens with one attached hydrogen (secondary N) is 1. The fraction of sp³-hybridized carbons (Fsp3) is 0.200. The van der Waals surface area contributed by atoms with Crippen LogP contribution in [0.4, 0.5) is 0 Å². The lowest BCUT2D eigenvalue weighted by molar-refractivity contribution is -0.147. The summed E-state index contributed by atoms with van der Waals surface area (Å²) in [6.45, 7) is 1.75. The third-order valence-electron chi connectivity index (χ3n) is 3.84. The molecule has 5 heteroatoms. The average molecular weight is 337 g/mol. The van der Waals surface area contributed by atoms with E-state index in [-0.39, 0.29) is 19.0 Å². The van der Waals surface area contributed by atoms with Crippen LogP contribution in [-0.4, -0.2) is 36.6 Å². The van der Waals surface area contributed by atoms with Crippen molar-refractivity contribution in [3.05, 3.63) is 60.2 Å². The van der Waals surface area contributed by atoms with E-state index in [1.807, 2.05) is 54.6 Å². The van der Waals surface area contributed by atoms with Crippen LogP contribution in [0.15, 0.2) is 54.6 Å². The van der Waals surface area contributed by atoms with Crippen LogP contribution in [0.3, 0.4) is 0 Å². The molecule has 0 saturated heterocycles. The Balaban J connectivity index is 1.91. The molecule has 1 N–H and O–H groups in total. The Labute approximate surface area is 145 Å². The third-order valence-corrected chi connectivity index (χ3v) is 3.84. The Kier molecular flexibility index (Phi) is 5.26. The highest BCUT2D eigenvalue weighted by Gasteiger charge is 2.20. The summed E-state index contributed by atoms with van der Waals surface area (Å²) in [6.07, 6.45) is 0. The number of aromatic amines is 1. The van der Waals surface area contributed by atoms with Gasteiger partial charge in [-0.05, 0) is 18.6 Å². The number of ketones is 1. The second-order valence-corrected chi connectivity index (χ2v) is 5.51. The molecule has 0 radical (unpaired) electrons. The van der Waals surface area contributed by atoms with E-state index in [1.165, 1.54) is 0 Å². The van der Waals surface area contributed by atoms with Crippen LogP contribution >= 0.6 is 0 Å². The second-order valence-electron chi connectivity index (χ2n) is 5.51. The molecule has 3 aromatic rings. The molecule has 3 rings (SSSR count). The molecule has 0 saturated carbocycles. The van der Waals surface area contributed by atoms with Crippen LogP contribution in [0.25, 0.3) is 22.2 Å². The van der Waals surface area contributed by atoms with Gasteiger partial charge in [-0.3, -0.25) is 4.79 Å². The number of hydrogen-bond acceptors (Lipinski definition) is 4. The molecule has 1 heterocycles. The largest absolute Gasteiger partial charge is 0.456 e. The maximum Gasteiger partial charge on any atom is 0.332 e. The Morgan fingerprint density at radius 1 is 0.960 bits per heavy atom. The molecule has 128 valence electrons. The maximum absolute atomic E-state index is 12.8. The lowest BCUT2D eigenvalue weighted by Gasteiger charge is -2.06. The first-order valence-electron chi connectivity index (χ1n) is 8.13. The highest BCUT2D eigenvalue weighted by atomic mass is 16.6. The van der Waals surface area contributed by atoms with E-state index < -0.39 is 5.97 Å². The number of rotatable bonds is 7. The highest BCUT2D eigenvalue weighted by molar-refractivity contribution is 6.14.